The van der Waals surface area contributed by atoms with Crippen LogP contribution in [0, 0.1) is 0 Å². The molecule has 0 bridgehead atoms. The Balaban J connectivity index is 2.94. The molecule has 1 aromatic carbocycles. The Hall–Kier alpha value is -1.84. The third-order valence-corrected chi connectivity index (χ3v) is 1.38. The number of nitrogens with zero attached hydrogens (tertiary/aromatic N) is 1. The van der Waals surface area contributed by atoms with Crippen LogP contribution in [0.4, 0.5) is 0 Å². The van der Waals surface area contributed by atoms with Gasteiger partial charge in [-0.05, 0) is 0 Å². The Kier molecular flexibility index (Phi) is 2.42. The highest BCUT2D eigenvalue weighted by Gasteiger charge is 2.09. The van der Waals surface area contributed by atoms with Crippen molar-refractivity contribution < 1.29 is 10.0 Å². The van der Waals surface area contributed by atoms with E-state index in [1.807, 2.05) is 0 Å². The third-order valence-electron chi connectivity index (χ3n) is 1.38. The predicted molar refractivity (Wildman–Crippen MR) is 44.2 cm³/mol. The average Bonchev–Trinajstić information content (AvgIpc) is 2.17. The van der Waals surface area contributed by atoms with Gasteiger partial charge in [0.2, 0.25) is 11.6 Å². The summed E-state index contributed by atoms with van der Waals surface area (Å²) in [5.41, 5.74) is 5.51. The van der Waals surface area contributed by atoms with Crippen LogP contribution in [0.3, 0.4) is 0 Å². The van der Waals surface area contributed by atoms with Crippen molar-refractivity contribution in [1.82, 2.24) is 0 Å². The smallest absolute Gasteiger partial charge is 0.231 e. The molecule has 0 aromatic heterocycles. The van der Waals surface area contributed by atoms with Gasteiger partial charge in [0.1, 0.15) is 0 Å². The van der Waals surface area contributed by atoms with Crippen LogP contribution in [0.5, 0.6) is 0 Å². The summed E-state index contributed by atoms with van der Waals surface area (Å²) >= 11 is 0. The van der Waals surface area contributed by atoms with Crippen LogP contribution in [0.25, 0.3) is 0 Å². The van der Waals surface area contributed by atoms with Gasteiger partial charge in [0.25, 0.3) is 0 Å². The van der Waals surface area contributed by atoms with Crippen molar-refractivity contribution in [3.05, 3.63) is 35.9 Å². The van der Waals surface area contributed by atoms with Gasteiger partial charge < -0.3 is 10.9 Å². The minimum Gasteiger partial charge on any atom is -0.409 e. The maximum absolute atomic E-state index is 11.2. The lowest BCUT2D eigenvalue weighted by atomic mass is 10.1. The van der Waals surface area contributed by atoms with Crippen LogP contribution in [-0.2, 0) is 0 Å². The van der Waals surface area contributed by atoms with E-state index in [1.165, 1.54) is 0 Å². The predicted octanol–water partition coefficient (Wildman–Crippen LogP) is 0.616. The standard InChI is InChI=1S/C8H8N2O2/c9-8(10-12)7(11)6-4-2-1-3-5-6/h1-5,12H,(H2,9,10). The molecule has 0 radical (unpaired) electrons. The van der Waals surface area contributed by atoms with E-state index in [4.69, 9.17) is 10.9 Å². The van der Waals surface area contributed by atoms with Gasteiger partial charge in [-0.1, -0.05) is 35.5 Å². The van der Waals surface area contributed by atoms with Gasteiger partial charge in [-0.15, -0.1) is 0 Å². The Morgan fingerprint density at radius 2 is 1.92 bits per heavy atom. The molecule has 12 heavy (non-hydrogen) atoms. The number of hydrogen-bond donors (Lipinski definition) is 2. The van der Waals surface area contributed by atoms with E-state index in [9.17, 15) is 4.79 Å². The number of nitrogens with two attached hydrogens (primary N) is 1. The second-order valence-corrected chi connectivity index (χ2v) is 2.18. The molecular formula is C8H8N2O2. The Labute approximate surface area is 69.3 Å². The minimum atomic E-state index is -0.474. The van der Waals surface area contributed by atoms with Gasteiger partial charge in [-0.3, -0.25) is 4.79 Å². The van der Waals surface area contributed by atoms with Crippen LogP contribution in [0.1, 0.15) is 10.4 Å². The first-order valence-corrected chi connectivity index (χ1v) is 3.33. The number of amidine groups is 1. The molecule has 0 saturated heterocycles. The van der Waals surface area contributed by atoms with Gasteiger partial charge in [-0.25, -0.2) is 0 Å². The van der Waals surface area contributed by atoms with Crippen molar-refractivity contribution in [2.45, 2.75) is 0 Å². The number of Topliss-reactive ketones (excluding diaryl/α,β-unsaturated/α-hetero) is 1. The summed E-state index contributed by atoms with van der Waals surface area (Å²) in [6, 6.07) is 8.39. The molecule has 1 aromatic rings. The van der Waals surface area contributed by atoms with E-state index in [2.05, 4.69) is 5.16 Å². The summed E-state index contributed by atoms with van der Waals surface area (Å²) < 4.78 is 0. The topological polar surface area (TPSA) is 75.7 Å². The molecule has 0 spiro atoms. The maximum Gasteiger partial charge on any atom is 0.231 e. The first kappa shape index (κ1) is 8.26. The van der Waals surface area contributed by atoms with Crippen LogP contribution >= 0.6 is 0 Å². The SMILES string of the molecule is N/C(=N/O)C(=O)c1ccccc1. The van der Waals surface area contributed by atoms with E-state index in [0.717, 1.165) is 0 Å². The van der Waals surface area contributed by atoms with Gasteiger partial charge in [0.05, 0.1) is 0 Å². The number of rotatable bonds is 2. The molecule has 4 heteroatoms. The Bertz CT molecular complexity index is 306. The van der Waals surface area contributed by atoms with Crippen molar-refractivity contribution in [2.24, 2.45) is 10.9 Å². The summed E-state index contributed by atoms with van der Waals surface area (Å²) in [5, 5.41) is 10.8. The molecule has 0 saturated carbocycles. The first-order valence-electron chi connectivity index (χ1n) is 3.33. The zero-order valence-corrected chi connectivity index (χ0v) is 6.27. The van der Waals surface area contributed by atoms with E-state index in [1.54, 1.807) is 30.3 Å². The zero-order chi connectivity index (χ0) is 8.97. The molecule has 1 rings (SSSR count). The largest absolute Gasteiger partial charge is 0.409 e. The minimum absolute atomic E-state index is 0.402. The van der Waals surface area contributed by atoms with Crippen molar-refractivity contribution >= 4 is 11.6 Å². The summed E-state index contributed by atoms with van der Waals surface area (Å²) in [7, 11) is 0. The second kappa shape index (κ2) is 3.52. The number of ketones is 1. The van der Waals surface area contributed by atoms with E-state index < -0.39 is 11.6 Å². The summed E-state index contributed by atoms with van der Waals surface area (Å²) in [4.78, 5) is 11.2. The van der Waals surface area contributed by atoms with Crippen LogP contribution in [-0.4, -0.2) is 16.8 Å². The summed E-state index contributed by atoms with van der Waals surface area (Å²) in [6.07, 6.45) is 0. The van der Waals surface area contributed by atoms with Crippen LogP contribution in [0.2, 0.25) is 0 Å². The monoisotopic (exact) mass is 164 g/mol. The quantitative estimate of drug-likeness (QED) is 0.221. The third kappa shape index (κ3) is 1.60. The molecule has 0 amide bonds. The normalized spacial score (nSPS) is 11.2. The molecule has 4 nitrogen and oxygen atoms in total. The highest BCUT2D eigenvalue weighted by Crippen LogP contribution is 1.99. The molecule has 62 valence electrons. The number of benzene rings is 1. The lowest BCUT2D eigenvalue weighted by Crippen LogP contribution is -2.23. The number of oxime groups is 1. The highest BCUT2D eigenvalue weighted by molar-refractivity contribution is 6.44. The summed E-state index contributed by atoms with van der Waals surface area (Å²) in [6.45, 7) is 0. The van der Waals surface area contributed by atoms with E-state index in [0.29, 0.717) is 5.56 Å². The van der Waals surface area contributed by atoms with Gasteiger partial charge in [0.15, 0.2) is 0 Å². The molecule has 0 fully saturated rings. The molecule has 0 unspecified atom stereocenters. The number of carbonyl (C=O) groups excluding carboxylic acids is 1. The molecular weight excluding hydrogens is 156 g/mol. The molecule has 0 heterocycles. The van der Waals surface area contributed by atoms with Gasteiger partial charge >= 0.3 is 0 Å². The molecule has 3 N–H and O–H groups in total. The van der Waals surface area contributed by atoms with Crippen molar-refractivity contribution in [3.63, 3.8) is 0 Å². The van der Waals surface area contributed by atoms with Gasteiger partial charge in [-0.2, -0.15) is 0 Å². The summed E-state index contributed by atoms with van der Waals surface area (Å²) in [5.74, 6) is -0.876. The van der Waals surface area contributed by atoms with Crippen molar-refractivity contribution in [1.29, 1.82) is 0 Å². The molecule has 0 aliphatic carbocycles. The fraction of sp³-hybridized carbons (Fsp3) is 0. The zero-order valence-electron chi connectivity index (χ0n) is 6.27. The van der Waals surface area contributed by atoms with E-state index >= 15 is 0 Å². The number of carbonyl (C=O) groups is 1. The average molecular weight is 164 g/mol. The van der Waals surface area contributed by atoms with Crippen LogP contribution < -0.4 is 5.73 Å². The Morgan fingerprint density at radius 1 is 1.33 bits per heavy atom. The fourth-order valence-corrected chi connectivity index (χ4v) is 0.783. The van der Waals surface area contributed by atoms with Crippen LogP contribution in [0.15, 0.2) is 35.5 Å². The number of hydrogen-bond acceptors (Lipinski definition) is 3. The van der Waals surface area contributed by atoms with Crippen molar-refractivity contribution in [3.8, 4) is 0 Å². The molecule has 0 aliphatic heterocycles. The van der Waals surface area contributed by atoms with E-state index in [-0.39, 0.29) is 0 Å². The second-order valence-electron chi connectivity index (χ2n) is 2.18. The lowest BCUT2D eigenvalue weighted by molar-refractivity contribution is 0.106. The molecule has 0 aliphatic rings. The highest BCUT2D eigenvalue weighted by atomic mass is 16.4. The van der Waals surface area contributed by atoms with Crippen molar-refractivity contribution in [2.75, 3.05) is 0 Å². The fourth-order valence-electron chi connectivity index (χ4n) is 0.783. The lowest BCUT2D eigenvalue weighted by Gasteiger charge is -1.96. The Morgan fingerprint density at radius 3 is 2.42 bits per heavy atom. The van der Waals surface area contributed by atoms with Gasteiger partial charge in [0, 0.05) is 5.56 Å². The molecule has 0 atom stereocenters. The maximum atomic E-state index is 11.2. The first-order chi connectivity index (χ1) is 5.75.